The molecular formula is C32H54N8O4. The van der Waals surface area contributed by atoms with Gasteiger partial charge >= 0.3 is 0 Å². The summed E-state index contributed by atoms with van der Waals surface area (Å²) >= 11 is 0. The summed E-state index contributed by atoms with van der Waals surface area (Å²) in [6.45, 7) is 5.31. The Morgan fingerprint density at radius 3 is 2.30 bits per heavy atom. The minimum absolute atomic E-state index is 0. The lowest BCUT2D eigenvalue weighted by Gasteiger charge is -2.12. The van der Waals surface area contributed by atoms with Gasteiger partial charge in [0.15, 0.2) is 5.82 Å². The van der Waals surface area contributed by atoms with Crippen molar-refractivity contribution in [1.82, 2.24) is 35.8 Å². The molecule has 3 amide bonds. The van der Waals surface area contributed by atoms with Gasteiger partial charge in [-0.15, -0.1) is 0 Å². The number of nitrogens with one attached hydrogen (secondary N) is 4. The molecule has 1 unspecified atom stereocenters. The highest BCUT2D eigenvalue weighted by Crippen LogP contribution is 2.29. The Morgan fingerprint density at radius 1 is 0.909 bits per heavy atom. The van der Waals surface area contributed by atoms with Crippen molar-refractivity contribution >= 4 is 51.3 Å². The highest BCUT2D eigenvalue weighted by molar-refractivity contribution is 6.06. The summed E-state index contributed by atoms with van der Waals surface area (Å²) in [5, 5.41) is 12.2. The molecule has 1 aromatic carbocycles. The monoisotopic (exact) mass is 614 g/mol. The number of hydrogen-bond acceptors (Lipinski definition) is 8. The normalized spacial score (nSPS) is 11.9. The van der Waals surface area contributed by atoms with Crippen LogP contribution in [-0.2, 0) is 32.1 Å². The maximum Gasteiger partial charge on any atom is 0.239 e. The Balaban J connectivity index is 0.00000705. The van der Waals surface area contributed by atoms with Crippen molar-refractivity contribution in [3.05, 3.63) is 30.1 Å². The van der Waals surface area contributed by atoms with Crippen LogP contribution in [0, 0.1) is 0 Å². The number of carbonyl (C=O) groups excluding carboxylic acids is 4. The molecule has 0 spiro atoms. The summed E-state index contributed by atoms with van der Waals surface area (Å²) in [4.78, 5) is 57.2. The number of fused-ring (bicyclic) bond motifs is 3. The number of nitrogens with zero attached hydrogens (tertiary/aromatic N) is 3. The van der Waals surface area contributed by atoms with E-state index in [4.69, 9.17) is 10.7 Å². The molecule has 6 N–H and O–H groups in total. The van der Waals surface area contributed by atoms with Crippen molar-refractivity contribution in [3.63, 3.8) is 0 Å². The van der Waals surface area contributed by atoms with Crippen molar-refractivity contribution in [2.24, 2.45) is 0 Å². The van der Waals surface area contributed by atoms with E-state index >= 15 is 0 Å². The van der Waals surface area contributed by atoms with E-state index in [1.54, 1.807) is 14.0 Å². The first kappa shape index (κ1) is 34.4. The number of amides is 3. The number of pyridine rings is 1. The molecule has 0 aliphatic heterocycles. The molecule has 0 aliphatic rings. The topological polar surface area (TPSA) is 173 Å². The van der Waals surface area contributed by atoms with Crippen molar-refractivity contribution in [1.29, 1.82) is 0 Å². The van der Waals surface area contributed by atoms with Gasteiger partial charge in [-0.2, -0.15) is 0 Å². The number of likely N-dealkylation sites (N-methyl/N-ethyl adjacent to an activating group) is 1. The predicted molar refractivity (Wildman–Crippen MR) is 179 cm³/mol. The van der Waals surface area contributed by atoms with Crippen molar-refractivity contribution in [3.8, 4) is 0 Å². The van der Waals surface area contributed by atoms with E-state index in [1.807, 2.05) is 18.2 Å². The van der Waals surface area contributed by atoms with E-state index in [0.717, 1.165) is 79.3 Å². The van der Waals surface area contributed by atoms with E-state index in [0.29, 0.717) is 25.3 Å². The van der Waals surface area contributed by atoms with E-state index < -0.39 is 0 Å². The number of imidazole rings is 1. The standard InChI is InChI=1S/C32H48N8O4.3H2/c1-4-5-15-26-39-30-31(23-12-6-7-14-25(23)38-32(30)33)40(26)20-11-10-19-35-27(42)16-17-28(43)37-21-29(44)36-18-9-8-13-24(34-3)22(2)41;;;/h6-7,12,14,24,34H,4-5,8-11,13,15-21H2,1-3H3,(H2,33,38)(H,35,42)(H,36,44)(H,37,43);3*1H. The van der Waals surface area contributed by atoms with Crippen molar-refractivity contribution in [2.45, 2.75) is 90.6 Å². The maximum atomic E-state index is 12.3. The number of rotatable bonds is 20. The largest absolute Gasteiger partial charge is 0.382 e. The molecule has 12 nitrogen and oxygen atoms in total. The number of nitrogens with two attached hydrogens (primary N) is 1. The van der Waals surface area contributed by atoms with Crippen molar-refractivity contribution in [2.75, 3.05) is 32.4 Å². The van der Waals surface area contributed by atoms with E-state index in [1.165, 1.54) is 0 Å². The minimum Gasteiger partial charge on any atom is -0.382 e. The maximum absolute atomic E-state index is 12.3. The zero-order chi connectivity index (χ0) is 31.9. The SMILES string of the molecule is CCCCc1nc2c(N)nc3ccccc3c2n1CCCCNC(=O)CCC(=O)NCC(=O)NCCCCC(NC)C(C)=O.[HH].[HH].[HH]. The first-order valence-electron chi connectivity index (χ1n) is 15.8. The molecule has 0 fully saturated rings. The molecule has 2 heterocycles. The molecule has 0 radical (unpaired) electrons. The lowest BCUT2D eigenvalue weighted by Crippen LogP contribution is -2.38. The zero-order valence-electron chi connectivity index (χ0n) is 26.3. The molecule has 3 aromatic rings. The highest BCUT2D eigenvalue weighted by Gasteiger charge is 2.17. The smallest absolute Gasteiger partial charge is 0.239 e. The number of anilines is 1. The quantitative estimate of drug-likeness (QED) is 0.120. The van der Waals surface area contributed by atoms with Crippen LogP contribution < -0.4 is 27.0 Å². The number of para-hydroxylation sites is 1. The van der Waals surface area contributed by atoms with Crippen LogP contribution in [0.3, 0.4) is 0 Å². The molecule has 0 aliphatic carbocycles. The van der Waals surface area contributed by atoms with Gasteiger partial charge in [0.25, 0.3) is 0 Å². The number of carbonyl (C=O) groups is 4. The van der Waals surface area contributed by atoms with Crippen LogP contribution in [0.25, 0.3) is 21.9 Å². The van der Waals surface area contributed by atoms with Crippen LogP contribution in [0.15, 0.2) is 24.3 Å². The van der Waals surface area contributed by atoms with Crippen LogP contribution in [0.5, 0.6) is 0 Å². The average molecular weight is 615 g/mol. The van der Waals surface area contributed by atoms with Gasteiger partial charge in [-0.1, -0.05) is 31.5 Å². The molecule has 0 bridgehead atoms. The Bertz CT molecular complexity index is 1440. The van der Waals surface area contributed by atoms with Gasteiger partial charge in [-0.25, -0.2) is 9.97 Å². The summed E-state index contributed by atoms with van der Waals surface area (Å²) in [7, 11) is 1.76. The molecule has 0 saturated carbocycles. The number of benzene rings is 1. The van der Waals surface area contributed by atoms with Crippen LogP contribution in [0.4, 0.5) is 5.82 Å². The number of nitrogen functional groups attached to an aromatic ring is 1. The predicted octanol–water partition coefficient (Wildman–Crippen LogP) is 3.50. The number of aryl methyl sites for hydroxylation is 2. The average Bonchev–Trinajstić information content (AvgIpc) is 3.38. The molecule has 3 rings (SSSR count). The number of Topliss-reactive ketones (excluding diaryl/α,β-unsaturated/α-hetero) is 1. The fourth-order valence-electron chi connectivity index (χ4n) is 5.19. The van der Waals surface area contributed by atoms with E-state index in [9.17, 15) is 19.2 Å². The third-order valence-electron chi connectivity index (χ3n) is 7.68. The highest BCUT2D eigenvalue weighted by atomic mass is 16.2. The summed E-state index contributed by atoms with van der Waals surface area (Å²) in [6.07, 6.45) is 6.90. The van der Waals surface area contributed by atoms with Gasteiger partial charge in [0.05, 0.1) is 23.6 Å². The van der Waals surface area contributed by atoms with Gasteiger partial charge in [-0.05, 0) is 58.6 Å². The molecule has 12 heteroatoms. The van der Waals surface area contributed by atoms with Gasteiger partial charge in [0.2, 0.25) is 17.7 Å². The molecule has 2 aromatic heterocycles. The Morgan fingerprint density at radius 2 is 1.59 bits per heavy atom. The Labute approximate surface area is 263 Å². The lowest BCUT2D eigenvalue weighted by atomic mass is 10.1. The summed E-state index contributed by atoms with van der Waals surface area (Å²) in [5.74, 6) is 0.713. The van der Waals surface area contributed by atoms with E-state index in [-0.39, 0.29) is 53.2 Å². The number of ketones is 1. The zero-order valence-corrected chi connectivity index (χ0v) is 26.3. The summed E-state index contributed by atoms with van der Waals surface area (Å²) in [5.41, 5.74) is 8.88. The summed E-state index contributed by atoms with van der Waals surface area (Å²) < 4.78 is 2.25. The molecule has 1 atom stereocenters. The van der Waals surface area contributed by atoms with Crippen molar-refractivity contribution < 1.29 is 23.5 Å². The second-order valence-electron chi connectivity index (χ2n) is 11.1. The fraction of sp³-hybridized carbons (Fsp3) is 0.562. The first-order valence-corrected chi connectivity index (χ1v) is 15.8. The van der Waals surface area contributed by atoms with Gasteiger partial charge in [0, 0.05) is 48.6 Å². The molecule has 246 valence electrons. The Kier molecular flexibility index (Phi) is 14.0. The van der Waals surface area contributed by atoms with Crippen LogP contribution in [0.1, 0.15) is 81.7 Å². The second kappa shape index (κ2) is 17.9. The second-order valence-corrected chi connectivity index (χ2v) is 11.1. The van der Waals surface area contributed by atoms with Crippen LogP contribution >= 0.6 is 0 Å². The number of hydrogen-bond donors (Lipinski definition) is 5. The summed E-state index contributed by atoms with van der Waals surface area (Å²) in [6, 6.07) is 7.79. The molecular weight excluding hydrogens is 560 g/mol. The lowest BCUT2D eigenvalue weighted by molar-refractivity contribution is -0.128. The van der Waals surface area contributed by atoms with Gasteiger partial charge in [-0.3, -0.25) is 19.2 Å². The van der Waals surface area contributed by atoms with Gasteiger partial charge in [0.1, 0.15) is 17.1 Å². The molecule has 44 heavy (non-hydrogen) atoms. The minimum atomic E-state index is -0.346. The Hall–Kier alpha value is -4.06. The van der Waals surface area contributed by atoms with Gasteiger partial charge < -0.3 is 31.6 Å². The first-order chi connectivity index (χ1) is 21.2. The number of aromatic nitrogens is 3. The third kappa shape index (κ3) is 10.3. The fourth-order valence-corrected chi connectivity index (χ4v) is 5.19. The van der Waals surface area contributed by atoms with Crippen LogP contribution in [0.2, 0.25) is 0 Å². The van der Waals surface area contributed by atoms with Crippen LogP contribution in [-0.4, -0.2) is 70.8 Å². The van der Waals surface area contributed by atoms with E-state index in [2.05, 4.69) is 43.8 Å². The third-order valence-corrected chi connectivity index (χ3v) is 7.68. The molecule has 0 saturated heterocycles. The number of unbranched alkanes of at least 4 members (excludes halogenated alkanes) is 3.